The Morgan fingerprint density at radius 1 is 1.11 bits per heavy atom. The summed E-state index contributed by atoms with van der Waals surface area (Å²) in [5.74, 6) is -0.401. The summed E-state index contributed by atoms with van der Waals surface area (Å²) in [5, 5.41) is 14.7. The molecular formula is C13H22N2O3. The van der Waals surface area contributed by atoms with Gasteiger partial charge in [-0.1, -0.05) is 12.8 Å². The van der Waals surface area contributed by atoms with Gasteiger partial charge in [0.25, 0.3) is 0 Å². The highest BCUT2D eigenvalue weighted by molar-refractivity contribution is 5.75. The Morgan fingerprint density at radius 3 is 2.44 bits per heavy atom. The minimum atomic E-state index is -0.745. The van der Waals surface area contributed by atoms with Gasteiger partial charge in [0.15, 0.2) is 0 Å². The Morgan fingerprint density at radius 2 is 1.83 bits per heavy atom. The number of urea groups is 1. The van der Waals surface area contributed by atoms with Crippen molar-refractivity contribution in [2.24, 2.45) is 11.8 Å². The van der Waals surface area contributed by atoms with Crippen LogP contribution in [0.5, 0.6) is 0 Å². The van der Waals surface area contributed by atoms with Crippen LogP contribution in [-0.2, 0) is 4.79 Å². The molecule has 2 amide bonds. The summed E-state index contributed by atoms with van der Waals surface area (Å²) in [6, 6.07) is -0.118. The van der Waals surface area contributed by atoms with Crippen LogP contribution in [-0.4, -0.2) is 29.7 Å². The zero-order valence-corrected chi connectivity index (χ0v) is 10.7. The average molecular weight is 254 g/mol. The fourth-order valence-electron chi connectivity index (χ4n) is 3.02. The Bertz CT molecular complexity index is 313. The van der Waals surface area contributed by atoms with Crippen LogP contribution >= 0.6 is 0 Å². The normalized spacial score (nSPS) is 28.2. The molecule has 0 aromatic heterocycles. The fourth-order valence-corrected chi connectivity index (χ4v) is 3.02. The van der Waals surface area contributed by atoms with E-state index in [4.69, 9.17) is 5.11 Å². The first-order valence-electron chi connectivity index (χ1n) is 6.92. The number of hydrogen-bond donors (Lipinski definition) is 3. The second-order valence-electron chi connectivity index (χ2n) is 5.55. The summed E-state index contributed by atoms with van der Waals surface area (Å²) < 4.78 is 0. The lowest BCUT2D eigenvalue weighted by Crippen LogP contribution is -2.42. The summed E-state index contributed by atoms with van der Waals surface area (Å²) in [6.07, 6.45) is 6.98. The third kappa shape index (κ3) is 3.62. The maximum absolute atomic E-state index is 11.7. The molecule has 18 heavy (non-hydrogen) atoms. The third-order valence-corrected chi connectivity index (χ3v) is 4.14. The highest BCUT2D eigenvalue weighted by Crippen LogP contribution is 2.26. The number of amides is 2. The molecule has 0 aliphatic heterocycles. The van der Waals surface area contributed by atoms with Crippen LogP contribution in [0.25, 0.3) is 0 Å². The molecule has 5 nitrogen and oxygen atoms in total. The smallest absolute Gasteiger partial charge is 0.315 e. The number of carbonyl (C=O) groups is 2. The van der Waals surface area contributed by atoms with Crippen LogP contribution in [0.4, 0.5) is 4.79 Å². The summed E-state index contributed by atoms with van der Waals surface area (Å²) in [4.78, 5) is 22.5. The Labute approximate surface area is 107 Å². The van der Waals surface area contributed by atoms with Gasteiger partial charge in [-0.05, 0) is 38.0 Å². The largest absolute Gasteiger partial charge is 0.481 e. The topological polar surface area (TPSA) is 78.4 Å². The predicted octanol–water partition coefficient (Wildman–Crippen LogP) is 1.73. The van der Waals surface area contributed by atoms with Gasteiger partial charge in [0, 0.05) is 12.6 Å². The van der Waals surface area contributed by atoms with E-state index in [1.165, 1.54) is 25.7 Å². The Kier molecular flexibility index (Phi) is 4.44. The summed E-state index contributed by atoms with van der Waals surface area (Å²) in [5.41, 5.74) is 0. The number of carboxylic acids is 1. The molecule has 0 aromatic carbocycles. The molecule has 0 saturated heterocycles. The van der Waals surface area contributed by atoms with Gasteiger partial charge in [-0.2, -0.15) is 0 Å². The monoisotopic (exact) mass is 254 g/mol. The first kappa shape index (κ1) is 13.2. The number of aliphatic carboxylic acids is 1. The Hall–Kier alpha value is -1.26. The third-order valence-electron chi connectivity index (χ3n) is 4.14. The van der Waals surface area contributed by atoms with Crippen LogP contribution in [0.3, 0.4) is 0 Å². The van der Waals surface area contributed by atoms with E-state index in [1.807, 2.05) is 0 Å². The SMILES string of the molecule is O=C(NCC1CCCC1)N[C@H]1CC[C@@H](C(=O)O)C1. The molecule has 2 rings (SSSR count). The van der Waals surface area contributed by atoms with Gasteiger partial charge in [-0.3, -0.25) is 4.79 Å². The van der Waals surface area contributed by atoms with Crippen molar-refractivity contribution in [2.75, 3.05) is 6.54 Å². The Balaban J connectivity index is 1.63. The van der Waals surface area contributed by atoms with Crippen LogP contribution in [0.1, 0.15) is 44.9 Å². The average Bonchev–Trinajstić information content (AvgIpc) is 2.96. The first-order chi connectivity index (χ1) is 8.65. The number of rotatable bonds is 4. The second kappa shape index (κ2) is 6.07. The standard InChI is InChI=1S/C13H22N2O3/c16-12(17)10-5-6-11(7-10)15-13(18)14-8-9-3-1-2-4-9/h9-11H,1-8H2,(H,16,17)(H2,14,15,18)/t10-,11+/m1/s1. The van der Waals surface area contributed by atoms with Crippen LogP contribution in [0.2, 0.25) is 0 Å². The molecule has 0 aromatic rings. The van der Waals surface area contributed by atoms with Gasteiger partial charge in [0.1, 0.15) is 0 Å². The van der Waals surface area contributed by atoms with Gasteiger partial charge in [0.2, 0.25) is 0 Å². The number of hydrogen-bond acceptors (Lipinski definition) is 2. The van der Waals surface area contributed by atoms with Crippen molar-refractivity contribution in [3.05, 3.63) is 0 Å². The minimum Gasteiger partial charge on any atom is -0.481 e. The van der Waals surface area contributed by atoms with Crippen molar-refractivity contribution in [1.82, 2.24) is 10.6 Å². The second-order valence-corrected chi connectivity index (χ2v) is 5.55. The molecule has 0 bridgehead atoms. The zero-order valence-electron chi connectivity index (χ0n) is 10.7. The molecule has 0 spiro atoms. The molecule has 3 N–H and O–H groups in total. The molecule has 2 fully saturated rings. The molecule has 2 saturated carbocycles. The summed E-state index contributed by atoms with van der Waals surface area (Å²) in [6.45, 7) is 0.751. The van der Waals surface area contributed by atoms with Gasteiger partial charge in [0.05, 0.1) is 5.92 Å². The van der Waals surface area contributed by atoms with Crippen molar-refractivity contribution in [2.45, 2.75) is 51.0 Å². The lowest BCUT2D eigenvalue weighted by atomic mass is 10.1. The maximum atomic E-state index is 11.7. The van der Waals surface area contributed by atoms with E-state index in [9.17, 15) is 9.59 Å². The molecule has 2 atom stereocenters. The lowest BCUT2D eigenvalue weighted by Gasteiger charge is -2.15. The minimum absolute atomic E-state index is 0.0229. The first-order valence-corrected chi connectivity index (χ1v) is 6.92. The predicted molar refractivity (Wildman–Crippen MR) is 67.3 cm³/mol. The maximum Gasteiger partial charge on any atom is 0.315 e. The van der Waals surface area contributed by atoms with Gasteiger partial charge < -0.3 is 15.7 Å². The van der Waals surface area contributed by atoms with E-state index >= 15 is 0 Å². The van der Waals surface area contributed by atoms with Crippen molar-refractivity contribution in [3.8, 4) is 0 Å². The zero-order chi connectivity index (χ0) is 13.0. The van der Waals surface area contributed by atoms with E-state index < -0.39 is 5.97 Å². The molecule has 0 heterocycles. The van der Waals surface area contributed by atoms with Crippen LogP contribution < -0.4 is 10.6 Å². The van der Waals surface area contributed by atoms with Crippen molar-refractivity contribution in [1.29, 1.82) is 0 Å². The van der Waals surface area contributed by atoms with E-state index in [1.54, 1.807) is 0 Å². The van der Waals surface area contributed by atoms with Gasteiger partial charge in [-0.25, -0.2) is 4.79 Å². The van der Waals surface area contributed by atoms with E-state index in [2.05, 4.69) is 10.6 Å². The fraction of sp³-hybridized carbons (Fsp3) is 0.846. The van der Waals surface area contributed by atoms with E-state index in [0.717, 1.165) is 13.0 Å². The highest BCUT2D eigenvalue weighted by Gasteiger charge is 2.30. The molecule has 2 aliphatic rings. The molecule has 2 aliphatic carbocycles. The molecule has 5 heteroatoms. The molecule has 0 radical (unpaired) electrons. The highest BCUT2D eigenvalue weighted by atomic mass is 16.4. The number of nitrogens with one attached hydrogen (secondary N) is 2. The molecule has 0 unspecified atom stereocenters. The van der Waals surface area contributed by atoms with Gasteiger partial charge in [-0.15, -0.1) is 0 Å². The summed E-state index contributed by atoms with van der Waals surface area (Å²) >= 11 is 0. The quantitative estimate of drug-likeness (QED) is 0.715. The summed E-state index contributed by atoms with van der Waals surface area (Å²) in [7, 11) is 0. The number of carbonyl (C=O) groups excluding carboxylic acids is 1. The van der Waals surface area contributed by atoms with Crippen molar-refractivity contribution >= 4 is 12.0 Å². The molecule has 102 valence electrons. The van der Waals surface area contributed by atoms with E-state index in [0.29, 0.717) is 18.8 Å². The van der Waals surface area contributed by atoms with Crippen molar-refractivity contribution < 1.29 is 14.7 Å². The molecular weight excluding hydrogens is 232 g/mol. The lowest BCUT2D eigenvalue weighted by molar-refractivity contribution is -0.141. The van der Waals surface area contributed by atoms with Crippen molar-refractivity contribution in [3.63, 3.8) is 0 Å². The van der Waals surface area contributed by atoms with Gasteiger partial charge >= 0.3 is 12.0 Å². The van der Waals surface area contributed by atoms with Crippen LogP contribution in [0, 0.1) is 11.8 Å². The van der Waals surface area contributed by atoms with Crippen LogP contribution in [0.15, 0.2) is 0 Å². The van der Waals surface area contributed by atoms with E-state index in [-0.39, 0.29) is 18.0 Å². The number of carboxylic acid groups (broad SMARTS) is 1.